The summed E-state index contributed by atoms with van der Waals surface area (Å²) in [6, 6.07) is 0. The number of likely N-dealkylation sites (tertiary alicyclic amines) is 1. The number of carbonyl (C=O) groups excluding carboxylic acids is 1. The highest BCUT2D eigenvalue weighted by Crippen LogP contribution is 2.20. The zero-order valence-corrected chi connectivity index (χ0v) is 14.6. The fourth-order valence-electron chi connectivity index (χ4n) is 3.62. The second kappa shape index (κ2) is 7.27. The Hall–Kier alpha value is -1.36. The number of hydrogen-bond donors (Lipinski definition) is 1. The molecule has 2 rings (SSSR count). The number of carbonyl (C=O) groups is 1. The van der Waals surface area contributed by atoms with Crippen molar-refractivity contribution in [2.45, 2.75) is 40.5 Å². The molecule has 0 saturated carbocycles. The van der Waals surface area contributed by atoms with Crippen LogP contribution in [0.3, 0.4) is 0 Å². The van der Waals surface area contributed by atoms with Crippen LogP contribution in [0.25, 0.3) is 0 Å². The van der Waals surface area contributed by atoms with Crippen LogP contribution in [0, 0.1) is 25.7 Å². The number of aryl methyl sites for hydroxylation is 2. The lowest BCUT2D eigenvalue weighted by Gasteiger charge is -2.34. The van der Waals surface area contributed by atoms with Crippen molar-refractivity contribution in [3.63, 3.8) is 0 Å². The molecule has 0 aromatic carbocycles. The van der Waals surface area contributed by atoms with E-state index in [-0.39, 0.29) is 5.91 Å². The van der Waals surface area contributed by atoms with E-state index in [0.29, 0.717) is 6.42 Å². The van der Waals surface area contributed by atoms with E-state index in [2.05, 4.69) is 29.2 Å². The van der Waals surface area contributed by atoms with E-state index in [0.717, 1.165) is 55.0 Å². The lowest BCUT2D eigenvalue weighted by Crippen LogP contribution is -2.43. The number of nitrogens with zero attached hydrogens (tertiary/aromatic N) is 3. The Kier molecular flexibility index (Phi) is 5.62. The first-order valence-electron chi connectivity index (χ1n) is 8.35. The van der Waals surface area contributed by atoms with Crippen molar-refractivity contribution in [2.24, 2.45) is 18.9 Å². The van der Waals surface area contributed by atoms with Gasteiger partial charge in [-0.15, -0.1) is 0 Å². The van der Waals surface area contributed by atoms with Gasteiger partial charge in [0, 0.05) is 44.5 Å². The van der Waals surface area contributed by atoms with Gasteiger partial charge in [0.15, 0.2) is 0 Å². The number of piperidine rings is 1. The van der Waals surface area contributed by atoms with Crippen LogP contribution in [0.2, 0.25) is 0 Å². The molecular weight excluding hydrogens is 276 g/mol. The first-order valence-corrected chi connectivity index (χ1v) is 8.35. The van der Waals surface area contributed by atoms with Crippen molar-refractivity contribution in [1.29, 1.82) is 0 Å². The van der Waals surface area contributed by atoms with Gasteiger partial charge < -0.3 is 10.2 Å². The molecule has 0 bridgehead atoms. The zero-order chi connectivity index (χ0) is 16.3. The molecule has 2 atom stereocenters. The van der Waals surface area contributed by atoms with Crippen LogP contribution >= 0.6 is 0 Å². The summed E-state index contributed by atoms with van der Waals surface area (Å²) in [7, 11) is 1.92. The quantitative estimate of drug-likeness (QED) is 0.900. The van der Waals surface area contributed by atoms with Crippen LogP contribution in [0.4, 0.5) is 0 Å². The summed E-state index contributed by atoms with van der Waals surface area (Å²) in [4.78, 5) is 14.6. The summed E-state index contributed by atoms with van der Waals surface area (Å²) in [5, 5.41) is 7.42. The fraction of sp³-hybridized carbons (Fsp3) is 0.765. The van der Waals surface area contributed by atoms with Gasteiger partial charge >= 0.3 is 0 Å². The monoisotopic (exact) mass is 306 g/mol. The van der Waals surface area contributed by atoms with Crippen molar-refractivity contribution < 1.29 is 4.79 Å². The molecule has 22 heavy (non-hydrogen) atoms. The number of aromatic nitrogens is 2. The van der Waals surface area contributed by atoms with Crippen molar-refractivity contribution in [2.75, 3.05) is 26.2 Å². The first-order chi connectivity index (χ1) is 10.4. The second-order valence-electron chi connectivity index (χ2n) is 7.01. The molecule has 1 aromatic rings. The number of nitrogens with one attached hydrogen (secondary N) is 1. The Balaban J connectivity index is 1.76. The third-order valence-electron chi connectivity index (χ3n) is 4.69. The van der Waals surface area contributed by atoms with Crippen molar-refractivity contribution in [1.82, 2.24) is 20.0 Å². The molecule has 0 radical (unpaired) electrons. The van der Waals surface area contributed by atoms with Gasteiger partial charge in [0.05, 0.1) is 12.1 Å². The van der Waals surface area contributed by atoms with E-state index in [1.807, 2.05) is 25.6 Å². The normalized spacial score (nSPS) is 22.8. The Morgan fingerprint density at radius 3 is 2.45 bits per heavy atom. The molecular formula is C17H30N4O. The van der Waals surface area contributed by atoms with E-state index in [9.17, 15) is 4.79 Å². The highest BCUT2D eigenvalue weighted by Gasteiger charge is 2.21. The largest absolute Gasteiger partial charge is 0.355 e. The van der Waals surface area contributed by atoms with Crippen LogP contribution in [0.15, 0.2) is 0 Å². The lowest BCUT2D eigenvalue weighted by molar-refractivity contribution is -0.120. The van der Waals surface area contributed by atoms with Gasteiger partial charge in [0.1, 0.15) is 0 Å². The third-order valence-corrected chi connectivity index (χ3v) is 4.69. The SMILES string of the molecule is Cc1nn(C)c(C)c1CC(=O)NCCN1C[C@H](C)C[C@H](C)C1. The molecule has 124 valence electrons. The Morgan fingerprint density at radius 1 is 1.27 bits per heavy atom. The average Bonchev–Trinajstić information content (AvgIpc) is 2.64. The van der Waals surface area contributed by atoms with Crippen molar-refractivity contribution in [3.05, 3.63) is 17.0 Å². The minimum absolute atomic E-state index is 0.0947. The summed E-state index contributed by atoms with van der Waals surface area (Å²) in [6.07, 6.45) is 1.75. The molecule has 1 amide bonds. The van der Waals surface area contributed by atoms with Crippen LogP contribution in [0.5, 0.6) is 0 Å². The maximum Gasteiger partial charge on any atom is 0.224 e. The van der Waals surface area contributed by atoms with Gasteiger partial charge in [-0.05, 0) is 32.1 Å². The zero-order valence-electron chi connectivity index (χ0n) is 14.6. The lowest BCUT2D eigenvalue weighted by atomic mass is 9.92. The van der Waals surface area contributed by atoms with Gasteiger partial charge in [0.25, 0.3) is 0 Å². The van der Waals surface area contributed by atoms with Crippen molar-refractivity contribution >= 4 is 5.91 Å². The topological polar surface area (TPSA) is 50.2 Å². The van der Waals surface area contributed by atoms with Gasteiger partial charge in [-0.25, -0.2) is 0 Å². The Bertz CT molecular complexity index is 513. The second-order valence-corrected chi connectivity index (χ2v) is 7.01. The van der Waals surface area contributed by atoms with Gasteiger partial charge in [-0.3, -0.25) is 9.48 Å². The number of rotatable bonds is 5. The Morgan fingerprint density at radius 2 is 1.91 bits per heavy atom. The summed E-state index contributed by atoms with van der Waals surface area (Å²) in [6.45, 7) is 12.6. The van der Waals surface area contributed by atoms with Crippen LogP contribution in [0.1, 0.15) is 37.2 Å². The predicted octanol–water partition coefficient (Wildman–Crippen LogP) is 1.67. The average molecular weight is 306 g/mol. The number of hydrogen-bond acceptors (Lipinski definition) is 3. The molecule has 5 nitrogen and oxygen atoms in total. The van der Waals surface area contributed by atoms with Crippen molar-refractivity contribution in [3.8, 4) is 0 Å². The third kappa shape index (κ3) is 4.32. The molecule has 1 aliphatic heterocycles. The van der Waals surface area contributed by atoms with E-state index in [4.69, 9.17) is 0 Å². The maximum atomic E-state index is 12.1. The maximum absolute atomic E-state index is 12.1. The molecule has 5 heteroatoms. The van der Waals surface area contributed by atoms with E-state index >= 15 is 0 Å². The smallest absolute Gasteiger partial charge is 0.224 e. The predicted molar refractivity (Wildman–Crippen MR) is 88.8 cm³/mol. The molecule has 1 aliphatic rings. The van der Waals surface area contributed by atoms with Crippen LogP contribution in [-0.2, 0) is 18.3 Å². The minimum Gasteiger partial charge on any atom is -0.355 e. The van der Waals surface area contributed by atoms with Crippen LogP contribution < -0.4 is 5.32 Å². The highest BCUT2D eigenvalue weighted by molar-refractivity contribution is 5.79. The van der Waals surface area contributed by atoms with Gasteiger partial charge in [-0.1, -0.05) is 13.8 Å². The first kappa shape index (κ1) is 17.0. The summed E-state index contributed by atoms with van der Waals surface area (Å²) >= 11 is 0. The molecule has 0 unspecified atom stereocenters. The highest BCUT2D eigenvalue weighted by atomic mass is 16.1. The summed E-state index contributed by atoms with van der Waals surface area (Å²) in [5.41, 5.74) is 3.08. The van der Waals surface area contributed by atoms with Gasteiger partial charge in [0.2, 0.25) is 5.91 Å². The van der Waals surface area contributed by atoms with Gasteiger partial charge in [-0.2, -0.15) is 5.10 Å². The summed E-state index contributed by atoms with van der Waals surface area (Å²) in [5.74, 6) is 1.62. The van der Waals surface area contributed by atoms with E-state index in [1.54, 1.807) is 0 Å². The van der Waals surface area contributed by atoms with E-state index < -0.39 is 0 Å². The molecule has 2 heterocycles. The molecule has 1 fully saturated rings. The standard InChI is InChI=1S/C17H30N4O/c1-12-8-13(2)11-21(10-12)7-6-18-17(22)9-16-14(3)19-20(5)15(16)4/h12-13H,6-11H2,1-5H3,(H,18,22)/t12-,13+. The van der Waals surface area contributed by atoms with E-state index in [1.165, 1.54) is 6.42 Å². The fourth-order valence-corrected chi connectivity index (χ4v) is 3.62. The molecule has 1 saturated heterocycles. The number of amides is 1. The molecule has 1 N–H and O–H groups in total. The molecule has 0 aliphatic carbocycles. The molecule has 1 aromatic heterocycles. The molecule has 0 spiro atoms. The minimum atomic E-state index is 0.0947. The summed E-state index contributed by atoms with van der Waals surface area (Å²) < 4.78 is 1.84. The van der Waals surface area contributed by atoms with Crippen LogP contribution in [-0.4, -0.2) is 46.8 Å². The Labute approximate surface area is 134 Å².